The van der Waals surface area contributed by atoms with Crippen LogP contribution in [-0.2, 0) is 28.5 Å². The molecule has 0 aliphatic carbocycles. The Kier molecular flexibility index (Phi) is 34.4. The molecule has 324 valence electrons. The maximum Gasteiger partial charge on any atom is 0.306 e. The molecule has 0 saturated carbocycles. The van der Waals surface area contributed by atoms with Gasteiger partial charge < -0.3 is 39.4 Å². The quantitative estimate of drug-likeness (QED) is 0.0271. The molecule has 0 amide bonds. The second-order valence-electron chi connectivity index (χ2n) is 15.9. The van der Waals surface area contributed by atoms with E-state index in [0.717, 1.165) is 44.9 Å². The van der Waals surface area contributed by atoms with Crippen LogP contribution in [0.1, 0.15) is 206 Å². The van der Waals surface area contributed by atoms with Gasteiger partial charge in [-0.15, -0.1) is 0 Å². The van der Waals surface area contributed by atoms with Crippen LogP contribution in [0, 0.1) is 0 Å². The zero-order valence-corrected chi connectivity index (χ0v) is 35.2. The van der Waals surface area contributed by atoms with Crippen molar-refractivity contribution < 1.29 is 49.0 Å². The van der Waals surface area contributed by atoms with E-state index in [2.05, 4.69) is 26.0 Å². The van der Waals surface area contributed by atoms with Crippen molar-refractivity contribution in [2.24, 2.45) is 0 Å². The van der Waals surface area contributed by atoms with E-state index in [0.29, 0.717) is 12.8 Å². The average molecular weight is 785 g/mol. The lowest BCUT2D eigenvalue weighted by Crippen LogP contribution is -2.59. The monoisotopic (exact) mass is 785 g/mol. The maximum atomic E-state index is 12.8. The van der Waals surface area contributed by atoms with E-state index >= 15 is 0 Å². The summed E-state index contributed by atoms with van der Waals surface area (Å²) in [6, 6.07) is 0. The van der Waals surface area contributed by atoms with Crippen molar-refractivity contribution in [1.29, 1.82) is 0 Å². The smallest absolute Gasteiger partial charge is 0.306 e. The number of unbranched alkanes of at least 4 members (excludes halogenated alkanes) is 25. The minimum Gasteiger partial charge on any atom is -0.462 e. The Morgan fingerprint density at radius 1 is 0.545 bits per heavy atom. The van der Waals surface area contributed by atoms with Gasteiger partial charge in [0.1, 0.15) is 31.0 Å². The summed E-state index contributed by atoms with van der Waals surface area (Å²) in [7, 11) is 0. The van der Waals surface area contributed by atoms with Gasteiger partial charge in [0.25, 0.3) is 0 Å². The van der Waals surface area contributed by atoms with Crippen molar-refractivity contribution in [3.8, 4) is 0 Å². The first-order valence-electron chi connectivity index (χ1n) is 22.8. The van der Waals surface area contributed by atoms with Crippen LogP contribution in [0.4, 0.5) is 0 Å². The standard InChI is InChI=1S/C45H84O10/c1-3-5-7-9-11-13-15-17-19-21-23-25-27-29-31-33-40(47)52-36-38(37-53-45-44(51)43(50)42(49)39(35-46)55-45)54-41(48)34-32-30-28-26-24-22-20-18-16-14-12-10-8-6-4-2/h21,23,38-39,42-46,49-51H,3-20,22,24-37H2,1-2H3/b23-21+/t38-,39-,42+,43?,44?,45-/m0/s1. The van der Waals surface area contributed by atoms with Crippen molar-refractivity contribution in [1.82, 2.24) is 0 Å². The molecule has 1 saturated heterocycles. The van der Waals surface area contributed by atoms with E-state index in [1.165, 1.54) is 122 Å². The van der Waals surface area contributed by atoms with Crippen LogP contribution in [0.3, 0.4) is 0 Å². The first kappa shape index (κ1) is 51.5. The van der Waals surface area contributed by atoms with Gasteiger partial charge >= 0.3 is 11.9 Å². The first-order valence-corrected chi connectivity index (χ1v) is 22.8. The van der Waals surface area contributed by atoms with E-state index < -0.39 is 49.4 Å². The highest BCUT2D eigenvalue weighted by Gasteiger charge is 2.44. The maximum absolute atomic E-state index is 12.8. The van der Waals surface area contributed by atoms with Gasteiger partial charge in [0.05, 0.1) is 13.2 Å². The molecule has 1 aliphatic heterocycles. The van der Waals surface area contributed by atoms with Gasteiger partial charge in [-0.1, -0.05) is 167 Å². The van der Waals surface area contributed by atoms with Crippen LogP contribution >= 0.6 is 0 Å². The fraction of sp³-hybridized carbons (Fsp3) is 0.911. The van der Waals surface area contributed by atoms with Crippen LogP contribution in [0.2, 0.25) is 0 Å². The van der Waals surface area contributed by atoms with Gasteiger partial charge in [0, 0.05) is 12.8 Å². The van der Waals surface area contributed by atoms with E-state index in [1.54, 1.807) is 0 Å². The zero-order valence-electron chi connectivity index (χ0n) is 35.2. The predicted molar refractivity (Wildman–Crippen MR) is 220 cm³/mol. The van der Waals surface area contributed by atoms with Crippen molar-refractivity contribution in [2.75, 3.05) is 19.8 Å². The lowest BCUT2D eigenvalue weighted by molar-refractivity contribution is -0.305. The third-order valence-electron chi connectivity index (χ3n) is 10.7. The summed E-state index contributed by atoms with van der Waals surface area (Å²) in [5.41, 5.74) is 0. The van der Waals surface area contributed by atoms with Crippen LogP contribution in [0.5, 0.6) is 0 Å². The van der Waals surface area contributed by atoms with Crippen molar-refractivity contribution in [2.45, 2.75) is 243 Å². The Balaban J connectivity index is 2.33. The fourth-order valence-electron chi connectivity index (χ4n) is 7.01. The molecule has 1 heterocycles. The number of hydrogen-bond donors (Lipinski definition) is 4. The zero-order chi connectivity index (χ0) is 40.2. The van der Waals surface area contributed by atoms with Gasteiger partial charge in [-0.2, -0.15) is 0 Å². The molecule has 10 heteroatoms. The molecule has 10 nitrogen and oxygen atoms in total. The minimum absolute atomic E-state index is 0.220. The molecule has 1 rings (SSSR count). The highest BCUT2D eigenvalue weighted by Crippen LogP contribution is 2.23. The number of esters is 2. The Morgan fingerprint density at radius 3 is 1.44 bits per heavy atom. The summed E-state index contributed by atoms with van der Waals surface area (Å²) in [4.78, 5) is 25.3. The molecular formula is C45H84O10. The normalized spacial score (nSPS) is 20.6. The van der Waals surface area contributed by atoms with Crippen LogP contribution in [-0.4, -0.2) is 89.0 Å². The summed E-state index contributed by atoms with van der Waals surface area (Å²) in [5.74, 6) is -0.815. The molecule has 0 radical (unpaired) electrons. The lowest BCUT2D eigenvalue weighted by Gasteiger charge is -2.39. The second-order valence-corrected chi connectivity index (χ2v) is 15.9. The molecule has 0 aromatic rings. The fourth-order valence-corrected chi connectivity index (χ4v) is 7.01. The predicted octanol–water partition coefficient (Wildman–Crippen LogP) is 9.56. The van der Waals surface area contributed by atoms with Crippen LogP contribution in [0.25, 0.3) is 0 Å². The minimum atomic E-state index is -1.59. The number of carbonyl (C=O) groups excluding carboxylic acids is 2. The number of ether oxygens (including phenoxy) is 4. The number of rotatable bonds is 38. The summed E-state index contributed by atoms with van der Waals surface area (Å²) in [6.07, 6.45) is 30.7. The van der Waals surface area contributed by atoms with Gasteiger partial charge in [0.15, 0.2) is 12.4 Å². The number of allylic oxidation sites excluding steroid dienone is 2. The molecule has 55 heavy (non-hydrogen) atoms. The number of aliphatic hydroxyl groups is 4. The molecule has 6 atom stereocenters. The summed E-state index contributed by atoms with van der Waals surface area (Å²) >= 11 is 0. The molecule has 0 aromatic carbocycles. The van der Waals surface area contributed by atoms with Gasteiger partial charge in [-0.05, 0) is 38.5 Å². The Morgan fingerprint density at radius 2 is 0.964 bits per heavy atom. The summed E-state index contributed by atoms with van der Waals surface area (Å²) in [6.45, 7) is 3.42. The number of aliphatic hydroxyl groups excluding tert-OH is 4. The number of hydrogen-bond acceptors (Lipinski definition) is 10. The van der Waals surface area contributed by atoms with Crippen molar-refractivity contribution in [3.63, 3.8) is 0 Å². The SMILES string of the molecule is CCCCCCCCCC/C=C/CCCCCC(=O)OC[C@@H](CO[C@H]1O[C@@H](CO)[C@@H](O)C(O)C1O)OC(=O)CCCCCCCCCCCCCCCCC. The highest BCUT2D eigenvalue weighted by atomic mass is 16.7. The number of carbonyl (C=O) groups is 2. The van der Waals surface area contributed by atoms with Crippen LogP contribution < -0.4 is 0 Å². The second kappa shape index (κ2) is 36.8. The molecule has 0 bridgehead atoms. The van der Waals surface area contributed by atoms with Gasteiger partial charge in [-0.3, -0.25) is 9.59 Å². The molecule has 1 fully saturated rings. The summed E-state index contributed by atoms with van der Waals surface area (Å²) < 4.78 is 22.1. The molecule has 0 spiro atoms. The third-order valence-corrected chi connectivity index (χ3v) is 10.7. The van der Waals surface area contributed by atoms with E-state index in [4.69, 9.17) is 18.9 Å². The van der Waals surface area contributed by atoms with Crippen molar-refractivity contribution in [3.05, 3.63) is 12.2 Å². The van der Waals surface area contributed by atoms with Gasteiger partial charge in [-0.25, -0.2) is 0 Å². The van der Waals surface area contributed by atoms with E-state index in [-0.39, 0.29) is 32.0 Å². The molecular weight excluding hydrogens is 700 g/mol. The molecule has 1 aliphatic rings. The van der Waals surface area contributed by atoms with Crippen molar-refractivity contribution >= 4 is 11.9 Å². The topological polar surface area (TPSA) is 152 Å². The molecule has 2 unspecified atom stereocenters. The van der Waals surface area contributed by atoms with E-state index in [9.17, 15) is 30.0 Å². The average Bonchev–Trinajstić information content (AvgIpc) is 3.18. The Hall–Kier alpha value is -1.56. The lowest BCUT2D eigenvalue weighted by atomic mass is 9.99. The van der Waals surface area contributed by atoms with Crippen LogP contribution in [0.15, 0.2) is 12.2 Å². The van der Waals surface area contributed by atoms with E-state index in [1.807, 2.05) is 0 Å². The first-order chi connectivity index (χ1) is 26.8. The van der Waals surface area contributed by atoms with Gasteiger partial charge in [0.2, 0.25) is 0 Å². The third kappa shape index (κ3) is 28.5. The molecule has 4 N–H and O–H groups in total. The Labute approximate surface area is 335 Å². The largest absolute Gasteiger partial charge is 0.462 e. The summed E-state index contributed by atoms with van der Waals surface area (Å²) in [5, 5.41) is 40.0. The Bertz CT molecular complexity index is 912. The highest BCUT2D eigenvalue weighted by molar-refractivity contribution is 5.70. The molecule has 0 aromatic heterocycles.